The van der Waals surface area contributed by atoms with Gasteiger partial charge in [0.1, 0.15) is 17.3 Å². The fourth-order valence-corrected chi connectivity index (χ4v) is 3.71. The molecule has 8 nitrogen and oxygen atoms in total. The molecule has 0 unspecified atom stereocenters. The van der Waals surface area contributed by atoms with Gasteiger partial charge in [-0.2, -0.15) is 0 Å². The van der Waals surface area contributed by atoms with Crippen LogP contribution in [-0.2, 0) is 14.6 Å². The van der Waals surface area contributed by atoms with Gasteiger partial charge in [-0.05, 0) is 18.6 Å². The highest BCUT2D eigenvalue weighted by Crippen LogP contribution is 2.41. The maximum Gasteiger partial charge on any atom is 0.271 e. The van der Waals surface area contributed by atoms with E-state index < -0.39 is 39.3 Å². The highest BCUT2D eigenvalue weighted by atomic mass is 35.5. The Bertz CT molecular complexity index is 1120. The summed E-state index contributed by atoms with van der Waals surface area (Å²) in [5.74, 6) is -1.12. The molecular formula is C20H21ClF2N4O4S. The second kappa shape index (κ2) is 9.47. The van der Waals surface area contributed by atoms with Crippen molar-refractivity contribution < 1.29 is 26.7 Å². The van der Waals surface area contributed by atoms with Gasteiger partial charge in [0.2, 0.25) is 0 Å². The Morgan fingerprint density at radius 2 is 2.03 bits per heavy atom. The third-order valence-corrected chi connectivity index (χ3v) is 5.69. The summed E-state index contributed by atoms with van der Waals surface area (Å²) < 4.78 is 56.5. The lowest BCUT2D eigenvalue weighted by atomic mass is 9.88. The van der Waals surface area contributed by atoms with E-state index in [-0.39, 0.29) is 35.3 Å². The minimum Gasteiger partial charge on any atom is -0.374 e. The van der Waals surface area contributed by atoms with Crippen LogP contribution in [0.25, 0.3) is 0 Å². The van der Waals surface area contributed by atoms with E-state index in [9.17, 15) is 17.6 Å². The van der Waals surface area contributed by atoms with E-state index in [0.717, 1.165) is 11.7 Å². The van der Waals surface area contributed by atoms with E-state index in [0.29, 0.717) is 0 Å². The average molecular weight is 487 g/mol. The first-order chi connectivity index (χ1) is 15.0. The Kier molecular flexibility index (Phi) is 7.11. The Morgan fingerprint density at radius 3 is 2.59 bits per heavy atom. The maximum atomic E-state index is 15.2. The molecule has 2 N–H and O–H groups in total. The van der Waals surface area contributed by atoms with Gasteiger partial charge in [-0.15, -0.1) is 0 Å². The largest absolute Gasteiger partial charge is 0.374 e. The number of amides is 1. The fraction of sp³-hybridized carbons (Fsp3) is 0.350. The average Bonchev–Trinajstić information content (AvgIpc) is 2.71. The lowest BCUT2D eigenvalue weighted by Crippen LogP contribution is -2.52. The number of ether oxygens (including phenoxy) is 1. The van der Waals surface area contributed by atoms with Crippen LogP contribution in [-0.4, -0.2) is 55.5 Å². The summed E-state index contributed by atoms with van der Waals surface area (Å²) in [6, 6.07) is 2.47. The number of anilines is 1. The maximum absolute atomic E-state index is 15.2. The molecule has 0 radical (unpaired) electrons. The number of benzene rings is 1. The number of alkyl halides is 1. The second-order valence-electron chi connectivity index (χ2n) is 7.45. The van der Waals surface area contributed by atoms with Crippen LogP contribution in [0.1, 0.15) is 29.0 Å². The molecule has 0 aliphatic carbocycles. The normalized spacial score (nSPS) is 17.4. The molecule has 1 aromatic carbocycles. The molecule has 1 aliphatic heterocycles. The van der Waals surface area contributed by atoms with Crippen LogP contribution >= 0.6 is 11.6 Å². The summed E-state index contributed by atoms with van der Waals surface area (Å²) in [6.07, 6.45) is 4.77. The summed E-state index contributed by atoms with van der Waals surface area (Å²) in [6.45, 7) is 1.19. The highest BCUT2D eigenvalue weighted by Gasteiger charge is 2.48. The molecule has 12 heteroatoms. The van der Waals surface area contributed by atoms with Crippen molar-refractivity contribution >= 4 is 33.2 Å². The van der Waals surface area contributed by atoms with Gasteiger partial charge in [-0.1, -0.05) is 29.8 Å². The van der Waals surface area contributed by atoms with E-state index >= 15 is 4.39 Å². The number of carbonyl (C=O) groups is 1. The fourth-order valence-electron chi connectivity index (χ4n) is 2.95. The number of nitrogens with zero attached hydrogens (tertiary/aromatic N) is 2. The van der Waals surface area contributed by atoms with E-state index in [1.807, 2.05) is 0 Å². The summed E-state index contributed by atoms with van der Waals surface area (Å²) in [5, 5.41) is 6.20. The summed E-state index contributed by atoms with van der Waals surface area (Å²) >= 11 is 6.06. The van der Waals surface area contributed by atoms with Crippen molar-refractivity contribution in [3.63, 3.8) is 0 Å². The molecule has 2 heterocycles. The molecular weight excluding hydrogens is 466 g/mol. The van der Waals surface area contributed by atoms with Crippen molar-refractivity contribution in [2.75, 3.05) is 24.8 Å². The highest BCUT2D eigenvalue weighted by molar-refractivity contribution is 7.93. The van der Waals surface area contributed by atoms with Gasteiger partial charge in [0.05, 0.1) is 36.7 Å². The number of rotatable bonds is 8. The van der Waals surface area contributed by atoms with Crippen LogP contribution in [0.15, 0.2) is 42.1 Å². The lowest BCUT2D eigenvalue weighted by molar-refractivity contribution is -0.139. The number of aromatic nitrogens is 2. The molecule has 0 spiro atoms. The Labute approximate surface area is 189 Å². The SMILES string of the molecule is C[C@H](/C=C/S(C)(=O)=O)NC(=O)c1cnc(N[C@H](c2cccc(F)c2Cl)C2(F)COC2)cn1. The van der Waals surface area contributed by atoms with Crippen molar-refractivity contribution in [2.24, 2.45) is 0 Å². The molecule has 3 rings (SSSR count). The quantitative estimate of drug-likeness (QED) is 0.590. The van der Waals surface area contributed by atoms with Gasteiger partial charge in [-0.3, -0.25) is 4.79 Å². The second-order valence-corrected chi connectivity index (χ2v) is 9.76. The Hall–Kier alpha value is -2.63. The number of halogens is 3. The smallest absolute Gasteiger partial charge is 0.271 e. The monoisotopic (exact) mass is 486 g/mol. The van der Waals surface area contributed by atoms with Crippen molar-refractivity contribution in [3.05, 3.63) is 64.2 Å². The molecule has 2 aromatic rings. The van der Waals surface area contributed by atoms with Crippen molar-refractivity contribution in [2.45, 2.75) is 24.7 Å². The summed E-state index contributed by atoms with van der Waals surface area (Å²) in [7, 11) is -3.32. The van der Waals surface area contributed by atoms with Crippen LogP contribution in [0.2, 0.25) is 5.02 Å². The molecule has 1 fully saturated rings. The topological polar surface area (TPSA) is 110 Å². The molecule has 1 amide bonds. The molecule has 1 aliphatic rings. The molecule has 0 bridgehead atoms. The third-order valence-electron chi connectivity index (χ3n) is 4.64. The van der Waals surface area contributed by atoms with E-state index in [2.05, 4.69) is 20.6 Å². The van der Waals surface area contributed by atoms with Crippen LogP contribution in [0, 0.1) is 5.82 Å². The van der Waals surface area contributed by atoms with Gasteiger partial charge in [0.15, 0.2) is 15.5 Å². The van der Waals surface area contributed by atoms with Gasteiger partial charge in [0.25, 0.3) is 5.91 Å². The number of carbonyl (C=O) groups excluding carboxylic acids is 1. The predicted octanol–water partition coefficient (Wildman–Crippen LogP) is 2.84. The van der Waals surface area contributed by atoms with Crippen molar-refractivity contribution in [1.29, 1.82) is 0 Å². The minimum atomic E-state index is -3.32. The number of hydrogen-bond donors (Lipinski definition) is 2. The van der Waals surface area contributed by atoms with Crippen LogP contribution in [0.5, 0.6) is 0 Å². The molecule has 1 aromatic heterocycles. The zero-order valence-electron chi connectivity index (χ0n) is 17.2. The van der Waals surface area contributed by atoms with Crippen LogP contribution in [0.4, 0.5) is 14.6 Å². The lowest BCUT2D eigenvalue weighted by Gasteiger charge is -2.41. The standard InChI is InChI=1S/C20H21ClF2N4O4S/c1-12(6-7-32(2,29)30)26-19(28)15-8-25-16(9-24-15)27-18(20(23)10-31-11-20)13-4-3-5-14(22)17(13)21/h3-9,12,18H,10-11H2,1-2H3,(H,25,27)(H,26,28)/b7-6+/t12-,18-/m1/s1. The van der Waals surface area contributed by atoms with E-state index in [1.54, 1.807) is 6.92 Å². The first kappa shape index (κ1) is 24.0. The van der Waals surface area contributed by atoms with Gasteiger partial charge < -0.3 is 15.4 Å². The van der Waals surface area contributed by atoms with Gasteiger partial charge in [-0.25, -0.2) is 27.2 Å². The Morgan fingerprint density at radius 1 is 1.31 bits per heavy atom. The van der Waals surface area contributed by atoms with Crippen LogP contribution in [0.3, 0.4) is 0 Å². The predicted molar refractivity (Wildman–Crippen MR) is 115 cm³/mol. The number of sulfone groups is 1. The zero-order valence-corrected chi connectivity index (χ0v) is 18.8. The third kappa shape index (κ3) is 5.78. The summed E-state index contributed by atoms with van der Waals surface area (Å²) in [5.41, 5.74) is -1.67. The zero-order chi connectivity index (χ0) is 23.5. The van der Waals surface area contributed by atoms with E-state index in [4.69, 9.17) is 16.3 Å². The molecule has 0 saturated carbocycles. The van der Waals surface area contributed by atoms with Crippen LogP contribution < -0.4 is 10.6 Å². The van der Waals surface area contributed by atoms with Gasteiger partial charge in [0, 0.05) is 17.7 Å². The Balaban J connectivity index is 1.75. The first-order valence-electron chi connectivity index (χ1n) is 9.47. The number of hydrogen-bond acceptors (Lipinski definition) is 7. The van der Waals surface area contributed by atoms with Crippen molar-refractivity contribution in [3.8, 4) is 0 Å². The van der Waals surface area contributed by atoms with Gasteiger partial charge >= 0.3 is 0 Å². The molecule has 1 saturated heterocycles. The molecule has 2 atom stereocenters. The molecule has 172 valence electrons. The first-order valence-corrected chi connectivity index (χ1v) is 11.8. The molecule has 32 heavy (non-hydrogen) atoms. The summed E-state index contributed by atoms with van der Waals surface area (Å²) in [4.78, 5) is 20.4. The number of nitrogens with one attached hydrogen (secondary N) is 2. The minimum absolute atomic E-state index is 0.0302. The van der Waals surface area contributed by atoms with E-state index in [1.165, 1.54) is 36.7 Å². The van der Waals surface area contributed by atoms with Crippen molar-refractivity contribution in [1.82, 2.24) is 15.3 Å².